The van der Waals surface area contributed by atoms with Crippen molar-refractivity contribution < 1.29 is 14.4 Å². The number of carbonyl (C=O) groups excluding carboxylic acids is 1. The van der Waals surface area contributed by atoms with Crippen molar-refractivity contribution in [3.05, 3.63) is 203 Å². The molecule has 1 aromatic heterocycles. The largest absolute Gasteiger partial charge is 0.382 e. The third kappa shape index (κ3) is 6.66. The predicted octanol–water partition coefficient (Wildman–Crippen LogP) is 8.51. The molecule has 48 heavy (non-hydrogen) atoms. The van der Waals surface area contributed by atoms with Gasteiger partial charge in [0.05, 0.1) is 11.8 Å². The van der Waals surface area contributed by atoms with Crippen LogP contribution in [0.1, 0.15) is 45.9 Å². The summed E-state index contributed by atoms with van der Waals surface area (Å²) in [5.74, 6) is -0.241. The van der Waals surface area contributed by atoms with Crippen molar-refractivity contribution in [2.24, 2.45) is 5.16 Å². The fourth-order valence-corrected chi connectivity index (χ4v) is 6.21. The average molecular weight is 630 g/mol. The number of benzene rings is 5. The van der Waals surface area contributed by atoms with Crippen molar-refractivity contribution in [3.63, 3.8) is 0 Å². The first-order chi connectivity index (χ1) is 23.7. The molecule has 2 heterocycles. The van der Waals surface area contributed by atoms with Crippen molar-refractivity contribution in [1.82, 2.24) is 4.98 Å². The Bertz CT molecular complexity index is 1860. The van der Waals surface area contributed by atoms with E-state index in [4.69, 9.17) is 9.57 Å². The van der Waals surface area contributed by atoms with E-state index in [2.05, 4.69) is 100 Å². The highest BCUT2D eigenvalue weighted by atomic mass is 16.6. The topological polar surface area (TPSA) is 72.8 Å². The van der Waals surface area contributed by atoms with Gasteiger partial charge in [-0.25, -0.2) is 0 Å². The first kappa shape index (κ1) is 30.8. The van der Waals surface area contributed by atoms with Gasteiger partial charge in [-0.2, -0.15) is 0 Å². The van der Waals surface area contributed by atoms with E-state index in [0.717, 1.165) is 33.4 Å². The maximum absolute atomic E-state index is 13.1. The van der Waals surface area contributed by atoms with Crippen LogP contribution in [0.25, 0.3) is 0 Å². The average Bonchev–Trinajstić information content (AvgIpc) is 3.67. The number of hydrogen-bond acceptors (Lipinski definition) is 5. The van der Waals surface area contributed by atoms with E-state index in [0.29, 0.717) is 24.2 Å². The molecule has 0 radical (unpaired) electrons. The summed E-state index contributed by atoms with van der Waals surface area (Å²) in [6, 6.07) is 53.3. The number of amides is 1. The molecule has 0 aliphatic carbocycles. The van der Waals surface area contributed by atoms with E-state index in [1.165, 1.54) is 0 Å². The molecule has 6 aromatic rings. The van der Waals surface area contributed by atoms with E-state index in [1.807, 2.05) is 72.8 Å². The minimum atomic E-state index is -0.879. The summed E-state index contributed by atoms with van der Waals surface area (Å²) in [6.07, 6.45) is 3.42. The van der Waals surface area contributed by atoms with Crippen LogP contribution in [0.3, 0.4) is 0 Å². The number of oxime groups is 1. The van der Waals surface area contributed by atoms with Gasteiger partial charge in [-0.05, 0) is 52.1 Å². The van der Waals surface area contributed by atoms with Gasteiger partial charge in [0.15, 0.2) is 0 Å². The Labute approximate surface area is 280 Å². The highest BCUT2D eigenvalue weighted by Crippen LogP contribution is 2.44. The number of hydrogen-bond donors (Lipinski definition) is 1. The fraction of sp³-hybridized carbons (Fsp3) is 0.119. The summed E-state index contributed by atoms with van der Waals surface area (Å²) in [6.45, 7) is 0. The van der Waals surface area contributed by atoms with Gasteiger partial charge < -0.3 is 14.9 Å². The molecule has 0 saturated carbocycles. The first-order valence-corrected chi connectivity index (χ1v) is 16.1. The fourth-order valence-electron chi connectivity index (χ4n) is 6.21. The van der Waals surface area contributed by atoms with E-state index in [9.17, 15) is 4.79 Å². The summed E-state index contributed by atoms with van der Waals surface area (Å²) in [4.78, 5) is 22.7. The molecule has 2 unspecified atom stereocenters. The van der Waals surface area contributed by atoms with Crippen LogP contribution in [0.2, 0.25) is 0 Å². The summed E-state index contributed by atoms with van der Waals surface area (Å²) in [5.41, 5.74) is 6.66. The number of nitrogens with zero attached hydrogens (tertiary/aromatic N) is 2. The van der Waals surface area contributed by atoms with Crippen LogP contribution in [-0.4, -0.2) is 22.7 Å². The molecule has 0 bridgehead atoms. The molecule has 7 rings (SSSR count). The third-order valence-electron chi connectivity index (χ3n) is 8.63. The van der Waals surface area contributed by atoms with Crippen molar-refractivity contribution in [3.8, 4) is 0 Å². The Kier molecular flexibility index (Phi) is 9.16. The van der Waals surface area contributed by atoms with Gasteiger partial charge in [0.1, 0.15) is 5.60 Å². The molecule has 0 saturated heterocycles. The highest BCUT2D eigenvalue weighted by molar-refractivity contribution is 6.05. The Morgan fingerprint density at radius 2 is 1.29 bits per heavy atom. The molecule has 0 spiro atoms. The zero-order chi connectivity index (χ0) is 32.6. The lowest BCUT2D eigenvalue weighted by Gasteiger charge is -2.39. The molecule has 236 valence electrons. The van der Waals surface area contributed by atoms with Gasteiger partial charge in [-0.15, -0.1) is 0 Å². The number of anilines is 1. The second-order valence-corrected chi connectivity index (χ2v) is 11.8. The van der Waals surface area contributed by atoms with Crippen molar-refractivity contribution >= 4 is 17.3 Å². The second-order valence-electron chi connectivity index (χ2n) is 11.8. The van der Waals surface area contributed by atoms with E-state index in [-0.39, 0.29) is 12.0 Å². The highest BCUT2D eigenvalue weighted by Gasteiger charge is 2.40. The Balaban J connectivity index is 1.16. The second kappa shape index (κ2) is 14.3. The molecule has 1 aliphatic rings. The van der Waals surface area contributed by atoms with Crippen molar-refractivity contribution in [2.75, 3.05) is 5.32 Å². The lowest BCUT2D eigenvalue weighted by atomic mass is 9.79. The smallest absolute Gasteiger partial charge is 0.268 e. The van der Waals surface area contributed by atoms with Crippen LogP contribution >= 0.6 is 0 Å². The summed E-state index contributed by atoms with van der Waals surface area (Å²) in [7, 11) is 0. The maximum atomic E-state index is 13.1. The molecule has 1 amide bonds. The predicted molar refractivity (Wildman–Crippen MR) is 189 cm³/mol. The maximum Gasteiger partial charge on any atom is 0.268 e. The van der Waals surface area contributed by atoms with Crippen LogP contribution in [0, 0.1) is 0 Å². The zero-order valence-corrected chi connectivity index (χ0v) is 26.4. The van der Waals surface area contributed by atoms with E-state index in [1.54, 1.807) is 12.4 Å². The number of aromatic nitrogens is 1. The normalized spacial score (nSPS) is 14.8. The molecular weight excluding hydrogens is 594 g/mol. The molecule has 6 heteroatoms. The van der Waals surface area contributed by atoms with Gasteiger partial charge in [0, 0.05) is 36.5 Å². The first-order valence-electron chi connectivity index (χ1n) is 16.1. The minimum absolute atomic E-state index is 0.241. The summed E-state index contributed by atoms with van der Waals surface area (Å²) < 4.78 is 7.49. The van der Waals surface area contributed by atoms with Gasteiger partial charge in [-0.1, -0.05) is 139 Å². The summed E-state index contributed by atoms with van der Waals surface area (Å²) in [5, 5.41) is 7.11. The van der Waals surface area contributed by atoms with E-state index < -0.39 is 11.7 Å². The van der Waals surface area contributed by atoms with E-state index >= 15 is 0 Å². The molecule has 0 fully saturated rings. The molecule has 5 aromatic carbocycles. The van der Waals surface area contributed by atoms with Gasteiger partial charge in [0.2, 0.25) is 6.10 Å². The van der Waals surface area contributed by atoms with Crippen LogP contribution < -0.4 is 5.32 Å². The van der Waals surface area contributed by atoms with Gasteiger partial charge in [0.25, 0.3) is 5.91 Å². The number of carbonyl (C=O) groups is 1. The minimum Gasteiger partial charge on any atom is -0.382 e. The van der Waals surface area contributed by atoms with Crippen LogP contribution in [0.5, 0.6) is 0 Å². The number of ether oxygens (including phenoxy) is 1. The lowest BCUT2D eigenvalue weighted by molar-refractivity contribution is -0.125. The Hall–Kier alpha value is -5.85. The monoisotopic (exact) mass is 629 g/mol. The van der Waals surface area contributed by atoms with Gasteiger partial charge >= 0.3 is 0 Å². The molecule has 6 nitrogen and oxygen atoms in total. The summed E-state index contributed by atoms with van der Waals surface area (Å²) >= 11 is 0. The van der Waals surface area contributed by atoms with Crippen LogP contribution in [-0.2, 0) is 26.4 Å². The third-order valence-corrected chi connectivity index (χ3v) is 8.63. The molecule has 2 atom stereocenters. The standard InChI is InChI=1S/C42H35N3O3/c46-41(40-29-38(45-48-40)33-16-13-27-43-30-33)44-37-25-23-31(24-26-37)28-39(32-14-5-1-6-15-32)47-42(34-17-7-2-8-18-34,35-19-9-3-10-20-35)36-21-11-4-12-22-36/h1-27,30,39-40H,28-29H2,(H,44,46). The SMILES string of the molecule is O=C(Nc1ccc(CC(OC(c2ccccc2)(c2ccccc2)c2ccccc2)c2ccccc2)cc1)C1CC(c2cccnc2)=NO1. The zero-order valence-electron chi connectivity index (χ0n) is 26.4. The van der Waals surface area contributed by atoms with Gasteiger partial charge in [-0.3, -0.25) is 9.78 Å². The number of nitrogens with one attached hydrogen (secondary N) is 1. The number of pyridine rings is 1. The van der Waals surface area contributed by atoms with Crippen molar-refractivity contribution in [2.45, 2.75) is 30.7 Å². The Morgan fingerprint density at radius 1 is 0.729 bits per heavy atom. The lowest BCUT2D eigenvalue weighted by Crippen LogP contribution is -2.35. The van der Waals surface area contributed by atoms with Crippen LogP contribution in [0.4, 0.5) is 5.69 Å². The number of rotatable bonds is 11. The van der Waals surface area contributed by atoms with Crippen LogP contribution in [0.15, 0.2) is 175 Å². The molecular formula is C42H35N3O3. The quantitative estimate of drug-likeness (QED) is 0.146. The Morgan fingerprint density at radius 3 is 1.83 bits per heavy atom. The molecule has 1 aliphatic heterocycles. The van der Waals surface area contributed by atoms with Crippen molar-refractivity contribution in [1.29, 1.82) is 0 Å². The molecule has 1 N–H and O–H groups in total.